The predicted molar refractivity (Wildman–Crippen MR) is 113 cm³/mol. The molecule has 4 heterocycles. The molecule has 0 bridgehead atoms. The van der Waals surface area contributed by atoms with Crippen molar-refractivity contribution in [1.82, 2.24) is 4.57 Å². The average Bonchev–Trinajstić information content (AvgIpc) is 3.38. The van der Waals surface area contributed by atoms with Crippen LogP contribution in [0.2, 0.25) is 0 Å². The third-order valence-corrected chi connectivity index (χ3v) is 6.91. The molecule has 0 amide bonds. The molecule has 1 aromatic carbocycles. The van der Waals surface area contributed by atoms with E-state index in [2.05, 4.69) is 26.0 Å². The van der Waals surface area contributed by atoms with Crippen molar-refractivity contribution in [3.05, 3.63) is 62.8 Å². The molecule has 2 aliphatic heterocycles. The molecule has 0 saturated heterocycles. The number of carboxylic acids is 1. The van der Waals surface area contributed by atoms with Crippen LogP contribution in [0.1, 0.15) is 41.4 Å². The van der Waals surface area contributed by atoms with Crippen molar-refractivity contribution in [3.8, 4) is 27.4 Å². The second-order valence-electron chi connectivity index (χ2n) is 8.00. The van der Waals surface area contributed by atoms with Gasteiger partial charge in [0.1, 0.15) is 11.3 Å². The minimum atomic E-state index is -1.18. The number of rotatable bonds is 3. The molecule has 148 valence electrons. The zero-order valence-corrected chi connectivity index (χ0v) is 17.1. The molecular weight excluding hydrogens is 386 g/mol. The van der Waals surface area contributed by atoms with Crippen LogP contribution < -0.4 is 10.2 Å². The first-order chi connectivity index (χ1) is 14.0. The molecule has 0 saturated carbocycles. The van der Waals surface area contributed by atoms with Crippen LogP contribution in [-0.2, 0) is 12.8 Å². The molecular formula is C23H21NO4S. The summed E-state index contributed by atoms with van der Waals surface area (Å²) in [4.78, 5) is 25.2. The maximum atomic E-state index is 12.5. The van der Waals surface area contributed by atoms with Crippen molar-refractivity contribution in [1.29, 1.82) is 0 Å². The molecule has 1 atom stereocenters. The third-order valence-electron chi connectivity index (χ3n) is 6.01. The number of pyridine rings is 1. The molecule has 6 heteroatoms. The summed E-state index contributed by atoms with van der Waals surface area (Å²) in [6, 6.07) is 7.81. The van der Waals surface area contributed by atoms with Crippen molar-refractivity contribution in [2.45, 2.75) is 32.7 Å². The number of ether oxygens (including phenoxy) is 1. The van der Waals surface area contributed by atoms with Gasteiger partial charge >= 0.3 is 5.97 Å². The van der Waals surface area contributed by atoms with E-state index in [1.807, 2.05) is 16.0 Å². The van der Waals surface area contributed by atoms with Crippen LogP contribution in [0.25, 0.3) is 21.7 Å². The average molecular weight is 407 g/mol. The summed E-state index contributed by atoms with van der Waals surface area (Å²) in [6.07, 6.45) is 3.19. The van der Waals surface area contributed by atoms with Crippen LogP contribution in [0.4, 0.5) is 0 Å². The fourth-order valence-corrected chi connectivity index (χ4v) is 5.32. The molecule has 2 aliphatic rings. The van der Waals surface area contributed by atoms with Gasteiger partial charge in [0.05, 0.1) is 12.3 Å². The molecule has 29 heavy (non-hydrogen) atoms. The third kappa shape index (κ3) is 2.74. The molecule has 3 aromatic rings. The number of hydrogen-bond donors (Lipinski definition) is 1. The van der Waals surface area contributed by atoms with E-state index in [9.17, 15) is 14.7 Å². The van der Waals surface area contributed by atoms with Crippen molar-refractivity contribution in [2.75, 3.05) is 6.61 Å². The van der Waals surface area contributed by atoms with Crippen molar-refractivity contribution >= 4 is 17.3 Å². The van der Waals surface area contributed by atoms with E-state index in [1.54, 1.807) is 11.3 Å². The summed E-state index contributed by atoms with van der Waals surface area (Å²) < 4.78 is 8.04. The van der Waals surface area contributed by atoms with E-state index >= 15 is 0 Å². The van der Waals surface area contributed by atoms with Gasteiger partial charge in [0.15, 0.2) is 5.43 Å². The van der Waals surface area contributed by atoms with Gasteiger partial charge in [-0.1, -0.05) is 19.9 Å². The monoisotopic (exact) mass is 407 g/mol. The molecule has 0 spiro atoms. The van der Waals surface area contributed by atoms with Crippen LogP contribution in [0.5, 0.6) is 5.75 Å². The van der Waals surface area contributed by atoms with Crippen molar-refractivity contribution in [3.63, 3.8) is 0 Å². The number of aromatic carboxylic acids is 1. The number of aromatic nitrogens is 1. The van der Waals surface area contributed by atoms with Gasteiger partial charge in [-0.2, -0.15) is 0 Å². The van der Waals surface area contributed by atoms with Gasteiger partial charge in [-0.25, -0.2) is 4.79 Å². The lowest BCUT2D eigenvalue weighted by Crippen LogP contribution is -2.28. The lowest BCUT2D eigenvalue weighted by Gasteiger charge is -2.34. The highest BCUT2D eigenvalue weighted by Crippen LogP contribution is 2.48. The highest BCUT2D eigenvalue weighted by molar-refractivity contribution is 7.13. The fraction of sp³-hybridized carbons (Fsp3) is 0.304. The lowest BCUT2D eigenvalue weighted by atomic mass is 9.83. The van der Waals surface area contributed by atoms with Crippen LogP contribution in [0.3, 0.4) is 0 Å². The molecule has 0 radical (unpaired) electrons. The molecule has 5 rings (SSSR count). The number of carbonyl (C=O) groups is 1. The Labute approximate surface area is 172 Å². The van der Waals surface area contributed by atoms with E-state index in [0.717, 1.165) is 40.3 Å². The number of thiophene rings is 1. The lowest BCUT2D eigenvalue weighted by molar-refractivity contribution is 0.0694. The Bertz CT molecular complexity index is 1190. The molecule has 5 nitrogen and oxygen atoms in total. The summed E-state index contributed by atoms with van der Waals surface area (Å²) in [6.45, 7) is 4.94. The predicted octanol–water partition coefficient (Wildman–Crippen LogP) is 4.63. The summed E-state index contributed by atoms with van der Waals surface area (Å²) >= 11 is 1.66. The first kappa shape index (κ1) is 18.2. The molecule has 2 aromatic heterocycles. The molecule has 0 aliphatic carbocycles. The normalized spacial score (nSPS) is 16.9. The maximum absolute atomic E-state index is 12.5. The zero-order chi connectivity index (χ0) is 20.3. The van der Waals surface area contributed by atoms with Crippen molar-refractivity contribution in [2.24, 2.45) is 5.92 Å². The molecule has 1 unspecified atom stereocenters. The standard InChI is InChI=1S/C23H21NO4S/c1-12(2)18-9-14-13-5-6-28-22(13)16(21-4-3-7-29-21)8-15(14)19-10-20(25)17(23(26)27)11-24(18)19/h3-4,7-8,10-12,18H,5-6,9H2,1-2H3,(H,26,27). The van der Waals surface area contributed by atoms with Gasteiger partial charge < -0.3 is 14.4 Å². The van der Waals surface area contributed by atoms with E-state index in [1.165, 1.54) is 23.4 Å². The Hall–Kier alpha value is -2.86. The highest BCUT2D eigenvalue weighted by Gasteiger charge is 2.33. The smallest absolute Gasteiger partial charge is 0.341 e. The quantitative estimate of drug-likeness (QED) is 0.687. The Morgan fingerprint density at radius 1 is 1.28 bits per heavy atom. The summed E-state index contributed by atoms with van der Waals surface area (Å²) in [5, 5.41) is 11.5. The van der Waals surface area contributed by atoms with Crippen LogP contribution in [0.15, 0.2) is 40.6 Å². The molecule has 0 fully saturated rings. The van der Waals surface area contributed by atoms with E-state index in [0.29, 0.717) is 12.5 Å². The van der Waals surface area contributed by atoms with Gasteiger partial charge in [-0.3, -0.25) is 4.79 Å². The van der Waals surface area contributed by atoms with E-state index < -0.39 is 11.4 Å². The first-order valence-corrected chi connectivity index (χ1v) is 10.7. The number of carboxylic acid groups (broad SMARTS) is 1. The van der Waals surface area contributed by atoms with Gasteiger partial charge in [0, 0.05) is 46.3 Å². The Balaban J connectivity index is 1.83. The topological polar surface area (TPSA) is 68.5 Å². The van der Waals surface area contributed by atoms with Crippen LogP contribution in [0, 0.1) is 5.92 Å². The zero-order valence-electron chi connectivity index (χ0n) is 16.3. The number of hydrogen-bond acceptors (Lipinski definition) is 4. The number of fused-ring (bicyclic) bond motifs is 5. The summed E-state index contributed by atoms with van der Waals surface area (Å²) in [5.74, 6) is 0.0767. The van der Waals surface area contributed by atoms with E-state index in [4.69, 9.17) is 4.74 Å². The minimum absolute atomic E-state index is 0.0912. The number of nitrogens with zero attached hydrogens (tertiary/aromatic N) is 1. The summed E-state index contributed by atoms with van der Waals surface area (Å²) in [7, 11) is 0. The highest BCUT2D eigenvalue weighted by atomic mass is 32.1. The summed E-state index contributed by atoms with van der Waals surface area (Å²) in [5.41, 5.74) is 4.71. The van der Waals surface area contributed by atoms with Crippen molar-refractivity contribution < 1.29 is 14.6 Å². The second kappa shape index (κ2) is 6.59. The van der Waals surface area contributed by atoms with Gasteiger partial charge in [0.2, 0.25) is 0 Å². The fourth-order valence-electron chi connectivity index (χ4n) is 4.59. The van der Waals surface area contributed by atoms with Crippen LogP contribution >= 0.6 is 11.3 Å². The second-order valence-corrected chi connectivity index (χ2v) is 8.95. The van der Waals surface area contributed by atoms with Crippen LogP contribution in [-0.4, -0.2) is 22.2 Å². The Morgan fingerprint density at radius 3 is 2.79 bits per heavy atom. The van der Waals surface area contributed by atoms with Gasteiger partial charge in [-0.05, 0) is 35.4 Å². The van der Waals surface area contributed by atoms with E-state index in [-0.39, 0.29) is 11.6 Å². The van der Waals surface area contributed by atoms with Gasteiger partial charge in [0.25, 0.3) is 0 Å². The number of benzene rings is 1. The van der Waals surface area contributed by atoms with Gasteiger partial charge in [-0.15, -0.1) is 11.3 Å². The Morgan fingerprint density at radius 2 is 2.10 bits per heavy atom. The minimum Gasteiger partial charge on any atom is -0.492 e. The Kier molecular flexibility index (Phi) is 4.13. The SMILES string of the molecule is CC(C)C1Cc2c(cc(-c3cccs3)c3c2CCO3)-c2cc(=O)c(C(=O)O)cn21. The maximum Gasteiger partial charge on any atom is 0.341 e. The largest absolute Gasteiger partial charge is 0.492 e. The first-order valence-electron chi connectivity index (χ1n) is 9.81. The molecule has 1 N–H and O–H groups in total.